The van der Waals surface area contributed by atoms with E-state index in [0.717, 1.165) is 5.56 Å². The van der Waals surface area contributed by atoms with Crippen LogP contribution in [0.5, 0.6) is 11.5 Å². The summed E-state index contributed by atoms with van der Waals surface area (Å²) in [6, 6.07) is 8.05. The molecule has 0 spiro atoms. The molecule has 0 aliphatic rings. The third-order valence-corrected chi connectivity index (χ3v) is 4.66. The molecule has 0 N–H and O–H groups in total. The quantitative estimate of drug-likeness (QED) is 0.626. The van der Waals surface area contributed by atoms with Crippen LogP contribution in [0.1, 0.15) is 16.0 Å². The average molecular weight is 394 g/mol. The van der Waals surface area contributed by atoms with E-state index in [4.69, 9.17) is 32.7 Å². The fraction of sp³-hybridized carbons (Fsp3) is 0.200. The molecular weight excluding hydrogens is 382 g/mol. The highest BCUT2D eigenvalue weighted by atomic mass is 79.9. The number of alkyl halides is 1. The third kappa shape index (κ3) is 3.44. The molecule has 0 saturated carbocycles. The van der Waals surface area contributed by atoms with Crippen LogP contribution >= 0.6 is 39.1 Å². The first-order valence-corrected chi connectivity index (χ1v) is 7.65. The van der Waals surface area contributed by atoms with Crippen LogP contribution in [0, 0.1) is 5.82 Å². The van der Waals surface area contributed by atoms with E-state index >= 15 is 0 Å². The summed E-state index contributed by atoms with van der Waals surface area (Å²) in [6.07, 6.45) is 0. The Labute approximate surface area is 140 Å². The molecule has 0 aromatic heterocycles. The molecule has 0 fully saturated rings. The maximum Gasteiger partial charge on any atom is 0.165 e. The lowest BCUT2D eigenvalue weighted by Gasteiger charge is -2.15. The Morgan fingerprint density at radius 2 is 1.67 bits per heavy atom. The van der Waals surface area contributed by atoms with Gasteiger partial charge in [0.25, 0.3) is 0 Å². The average Bonchev–Trinajstić information content (AvgIpc) is 2.48. The monoisotopic (exact) mass is 392 g/mol. The Kier molecular flexibility index (Phi) is 5.36. The van der Waals surface area contributed by atoms with Crippen LogP contribution in [-0.2, 0) is 0 Å². The van der Waals surface area contributed by atoms with E-state index in [0.29, 0.717) is 21.4 Å². The zero-order chi connectivity index (χ0) is 15.6. The van der Waals surface area contributed by atoms with E-state index in [-0.39, 0.29) is 10.6 Å². The van der Waals surface area contributed by atoms with Gasteiger partial charge in [-0.2, -0.15) is 0 Å². The maximum absolute atomic E-state index is 13.8. The summed E-state index contributed by atoms with van der Waals surface area (Å²) in [5, 5.41) is 0.921. The van der Waals surface area contributed by atoms with Crippen molar-refractivity contribution in [3.05, 3.63) is 57.3 Å². The molecule has 1 unspecified atom stereocenters. The summed E-state index contributed by atoms with van der Waals surface area (Å²) in [7, 11) is 2.94. The Bertz CT molecular complexity index is 664. The molecule has 0 amide bonds. The molecule has 2 aromatic rings. The Balaban J connectivity index is 2.42. The molecule has 21 heavy (non-hydrogen) atoms. The fourth-order valence-corrected chi connectivity index (χ4v) is 3.22. The van der Waals surface area contributed by atoms with Crippen molar-refractivity contribution in [3.63, 3.8) is 0 Å². The number of halogens is 4. The van der Waals surface area contributed by atoms with Crippen LogP contribution in [0.4, 0.5) is 4.39 Å². The molecule has 0 radical (unpaired) electrons. The highest BCUT2D eigenvalue weighted by Crippen LogP contribution is 2.40. The van der Waals surface area contributed by atoms with Crippen molar-refractivity contribution in [1.29, 1.82) is 0 Å². The van der Waals surface area contributed by atoms with Crippen LogP contribution in [0.2, 0.25) is 10.0 Å². The number of methoxy groups -OCH3 is 2. The zero-order valence-electron chi connectivity index (χ0n) is 11.3. The molecule has 0 aliphatic carbocycles. The van der Waals surface area contributed by atoms with Crippen molar-refractivity contribution in [2.24, 2.45) is 0 Å². The van der Waals surface area contributed by atoms with E-state index in [9.17, 15) is 4.39 Å². The highest BCUT2D eigenvalue weighted by Gasteiger charge is 2.18. The van der Waals surface area contributed by atoms with Crippen molar-refractivity contribution in [2.45, 2.75) is 4.83 Å². The standard InChI is InChI=1S/C15H12BrCl2FO2/c1-20-13-4-3-8(5-12(13)19)15(16)9-6-11(18)14(21-2)7-10(9)17/h3-7,15H,1-2H3. The molecule has 2 nitrogen and oxygen atoms in total. The van der Waals surface area contributed by atoms with E-state index in [1.165, 1.54) is 20.3 Å². The van der Waals surface area contributed by atoms with Crippen molar-refractivity contribution >= 4 is 39.1 Å². The summed E-state index contributed by atoms with van der Waals surface area (Å²) in [5.41, 5.74) is 1.43. The van der Waals surface area contributed by atoms with Crippen LogP contribution in [-0.4, -0.2) is 14.2 Å². The van der Waals surface area contributed by atoms with Gasteiger partial charge in [-0.05, 0) is 29.3 Å². The van der Waals surface area contributed by atoms with E-state index < -0.39 is 5.82 Å². The minimum Gasteiger partial charge on any atom is -0.495 e. The van der Waals surface area contributed by atoms with Crippen molar-refractivity contribution in [2.75, 3.05) is 14.2 Å². The predicted octanol–water partition coefficient (Wildman–Crippen LogP) is 5.63. The predicted molar refractivity (Wildman–Crippen MR) is 86.7 cm³/mol. The number of rotatable bonds is 4. The van der Waals surface area contributed by atoms with Gasteiger partial charge in [0.1, 0.15) is 5.75 Å². The molecule has 0 heterocycles. The first kappa shape index (κ1) is 16.4. The van der Waals surface area contributed by atoms with Crippen LogP contribution < -0.4 is 9.47 Å². The van der Waals surface area contributed by atoms with Crippen LogP contribution in [0.15, 0.2) is 30.3 Å². The second-order valence-electron chi connectivity index (χ2n) is 4.26. The Morgan fingerprint density at radius 1 is 1.00 bits per heavy atom. The van der Waals surface area contributed by atoms with Gasteiger partial charge in [0.15, 0.2) is 11.6 Å². The molecular formula is C15H12BrCl2FO2. The summed E-state index contributed by atoms with van der Waals surface area (Å²) in [4.78, 5) is -0.297. The number of benzene rings is 2. The summed E-state index contributed by atoms with van der Waals surface area (Å²) in [6.45, 7) is 0. The molecule has 0 aliphatic heterocycles. The topological polar surface area (TPSA) is 18.5 Å². The van der Waals surface area contributed by atoms with Crippen molar-refractivity contribution < 1.29 is 13.9 Å². The van der Waals surface area contributed by atoms with Crippen molar-refractivity contribution in [3.8, 4) is 11.5 Å². The largest absolute Gasteiger partial charge is 0.495 e. The van der Waals surface area contributed by atoms with Gasteiger partial charge in [0, 0.05) is 11.1 Å². The summed E-state index contributed by atoms with van der Waals surface area (Å²) < 4.78 is 23.8. The SMILES string of the molecule is COc1ccc(C(Br)c2cc(Cl)c(OC)cc2Cl)cc1F. The number of hydrogen-bond donors (Lipinski definition) is 0. The highest BCUT2D eigenvalue weighted by molar-refractivity contribution is 9.09. The molecule has 2 aromatic carbocycles. The van der Waals surface area contributed by atoms with Gasteiger partial charge in [0.05, 0.1) is 24.1 Å². The Hall–Kier alpha value is -0.970. The third-order valence-electron chi connectivity index (χ3n) is 3.01. The van der Waals surface area contributed by atoms with Gasteiger partial charge in [-0.25, -0.2) is 4.39 Å². The first-order valence-electron chi connectivity index (χ1n) is 5.98. The lowest BCUT2D eigenvalue weighted by molar-refractivity contribution is 0.386. The molecule has 1 atom stereocenters. The van der Waals surface area contributed by atoms with E-state index in [1.807, 2.05) is 0 Å². The minimum atomic E-state index is -0.435. The normalized spacial score (nSPS) is 12.1. The first-order chi connectivity index (χ1) is 9.97. The smallest absolute Gasteiger partial charge is 0.165 e. The lowest BCUT2D eigenvalue weighted by Crippen LogP contribution is -1.97. The van der Waals surface area contributed by atoms with E-state index in [2.05, 4.69) is 15.9 Å². The fourth-order valence-electron chi connectivity index (χ4n) is 1.91. The van der Waals surface area contributed by atoms with Gasteiger partial charge in [0.2, 0.25) is 0 Å². The van der Waals surface area contributed by atoms with Crippen LogP contribution in [0.25, 0.3) is 0 Å². The molecule has 0 saturated heterocycles. The number of ether oxygens (including phenoxy) is 2. The van der Waals surface area contributed by atoms with Gasteiger partial charge in [-0.1, -0.05) is 45.2 Å². The van der Waals surface area contributed by atoms with Gasteiger partial charge in [-0.3, -0.25) is 0 Å². The second kappa shape index (κ2) is 6.86. The van der Waals surface area contributed by atoms with Gasteiger partial charge < -0.3 is 9.47 Å². The summed E-state index contributed by atoms with van der Waals surface area (Å²) in [5.74, 6) is 0.249. The molecule has 6 heteroatoms. The maximum atomic E-state index is 13.8. The second-order valence-corrected chi connectivity index (χ2v) is 5.99. The van der Waals surface area contributed by atoms with Crippen LogP contribution in [0.3, 0.4) is 0 Å². The Morgan fingerprint density at radius 3 is 2.24 bits per heavy atom. The molecule has 0 bridgehead atoms. The van der Waals surface area contributed by atoms with E-state index in [1.54, 1.807) is 24.3 Å². The minimum absolute atomic E-state index is 0.192. The molecule has 2 rings (SSSR count). The van der Waals surface area contributed by atoms with Crippen molar-refractivity contribution in [1.82, 2.24) is 0 Å². The molecule has 112 valence electrons. The summed E-state index contributed by atoms with van der Waals surface area (Å²) >= 11 is 15.9. The zero-order valence-corrected chi connectivity index (χ0v) is 14.4. The van der Waals surface area contributed by atoms with Gasteiger partial charge in [-0.15, -0.1) is 0 Å². The lowest BCUT2D eigenvalue weighted by atomic mass is 10.0. The number of hydrogen-bond acceptors (Lipinski definition) is 2. The van der Waals surface area contributed by atoms with Gasteiger partial charge >= 0.3 is 0 Å².